The van der Waals surface area contributed by atoms with Crippen molar-refractivity contribution in [2.75, 3.05) is 6.54 Å². The van der Waals surface area contributed by atoms with E-state index >= 15 is 0 Å². The molecule has 112 valence electrons. The van der Waals surface area contributed by atoms with E-state index in [0.717, 1.165) is 17.8 Å². The molecule has 2 unspecified atom stereocenters. The number of nitrogens with one attached hydrogen (secondary N) is 1. The molecular formula is C12H23Cl2N3OS. The molecule has 0 aliphatic carbocycles. The van der Waals surface area contributed by atoms with Gasteiger partial charge >= 0.3 is 0 Å². The summed E-state index contributed by atoms with van der Waals surface area (Å²) in [6.07, 6.45) is 3.72. The zero-order valence-corrected chi connectivity index (χ0v) is 14.0. The monoisotopic (exact) mass is 327 g/mol. The Morgan fingerprint density at radius 3 is 2.58 bits per heavy atom. The van der Waals surface area contributed by atoms with Gasteiger partial charge < -0.3 is 11.1 Å². The van der Waals surface area contributed by atoms with Gasteiger partial charge in [0, 0.05) is 36.0 Å². The molecular weight excluding hydrogens is 305 g/mol. The SMILES string of the molecule is CCc1cnc(CCNC(=O)C(C)C(C)N)s1.Cl.Cl. The van der Waals surface area contributed by atoms with Crippen LogP contribution in [0, 0.1) is 5.92 Å². The third kappa shape index (κ3) is 7.11. The highest BCUT2D eigenvalue weighted by atomic mass is 35.5. The quantitative estimate of drug-likeness (QED) is 0.841. The minimum atomic E-state index is -0.141. The first-order valence-electron chi connectivity index (χ1n) is 6.01. The van der Waals surface area contributed by atoms with E-state index in [9.17, 15) is 4.79 Å². The van der Waals surface area contributed by atoms with Crippen LogP contribution in [0.2, 0.25) is 0 Å². The lowest BCUT2D eigenvalue weighted by Gasteiger charge is -2.14. The van der Waals surface area contributed by atoms with E-state index in [-0.39, 0.29) is 42.7 Å². The molecule has 1 aromatic rings. The molecule has 0 fully saturated rings. The summed E-state index contributed by atoms with van der Waals surface area (Å²) in [5, 5.41) is 3.97. The highest BCUT2D eigenvalue weighted by molar-refractivity contribution is 7.11. The summed E-state index contributed by atoms with van der Waals surface area (Å²) in [7, 11) is 0. The summed E-state index contributed by atoms with van der Waals surface area (Å²) >= 11 is 1.71. The number of aryl methyl sites for hydroxylation is 1. The highest BCUT2D eigenvalue weighted by Gasteiger charge is 2.16. The van der Waals surface area contributed by atoms with E-state index in [4.69, 9.17) is 5.73 Å². The maximum absolute atomic E-state index is 11.6. The van der Waals surface area contributed by atoms with E-state index in [1.54, 1.807) is 11.3 Å². The molecule has 19 heavy (non-hydrogen) atoms. The van der Waals surface area contributed by atoms with Crippen molar-refractivity contribution in [3.05, 3.63) is 16.1 Å². The van der Waals surface area contributed by atoms with Crippen molar-refractivity contribution in [2.24, 2.45) is 11.7 Å². The summed E-state index contributed by atoms with van der Waals surface area (Å²) < 4.78 is 0. The van der Waals surface area contributed by atoms with Gasteiger partial charge in [0.05, 0.1) is 5.01 Å². The Balaban J connectivity index is 0. The van der Waals surface area contributed by atoms with E-state index in [0.29, 0.717) is 6.54 Å². The molecule has 0 spiro atoms. The van der Waals surface area contributed by atoms with Crippen molar-refractivity contribution in [1.82, 2.24) is 10.3 Å². The lowest BCUT2D eigenvalue weighted by Crippen LogP contribution is -2.39. The molecule has 0 aromatic carbocycles. The largest absolute Gasteiger partial charge is 0.355 e. The van der Waals surface area contributed by atoms with Crippen molar-refractivity contribution in [2.45, 2.75) is 39.7 Å². The van der Waals surface area contributed by atoms with Crippen LogP contribution < -0.4 is 11.1 Å². The van der Waals surface area contributed by atoms with Gasteiger partial charge in [0.25, 0.3) is 0 Å². The average Bonchev–Trinajstić information content (AvgIpc) is 2.75. The van der Waals surface area contributed by atoms with Crippen LogP contribution in [0.4, 0.5) is 0 Å². The van der Waals surface area contributed by atoms with Gasteiger partial charge in [0.2, 0.25) is 5.91 Å². The predicted octanol–water partition coefficient (Wildman–Crippen LogP) is 2.19. The number of hydrogen-bond donors (Lipinski definition) is 2. The van der Waals surface area contributed by atoms with Crippen LogP contribution in [0.25, 0.3) is 0 Å². The Labute approximate surface area is 131 Å². The van der Waals surface area contributed by atoms with Crippen LogP contribution in [-0.2, 0) is 17.6 Å². The minimum Gasteiger partial charge on any atom is -0.355 e. The first kappa shape index (κ1) is 20.9. The summed E-state index contributed by atoms with van der Waals surface area (Å²) in [6, 6.07) is -0.110. The van der Waals surface area contributed by atoms with E-state index in [1.165, 1.54) is 4.88 Å². The molecule has 0 saturated carbocycles. The number of nitrogens with zero attached hydrogens (tertiary/aromatic N) is 1. The third-order valence-corrected chi connectivity index (χ3v) is 3.99. The number of nitrogens with two attached hydrogens (primary N) is 1. The van der Waals surface area contributed by atoms with Crippen LogP contribution in [0.1, 0.15) is 30.7 Å². The maximum atomic E-state index is 11.6. The molecule has 1 rings (SSSR count). The second-order valence-electron chi connectivity index (χ2n) is 4.26. The molecule has 0 aliphatic heterocycles. The number of carbonyl (C=O) groups excluding carboxylic acids is 1. The van der Waals surface area contributed by atoms with Gasteiger partial charge in [0.15, 0.2) is 0 Å². The number of halogens is 2. The molecule has 1 heterocycles. The van der Waals surface area contributed by atoms with Gasteiger partial charge in [-0.3, -0.25) is 4.79 Å². The molecule has 1 aromatic heterocycles. The van der Waals surface area contributed by atoms with Crippen molar-refractivity contribution >= 4 is 42.1 Å². The fraction of sp³-hybridized carbons (Fsp3) is 0.667. The van der Waals surface area contributed by atoms with Crippen molar-refractivity contribution < 1.29 is 4.79 Å². The molecule has 4 nitrogen and oxygen atoms in total. The first-order chi connectivity index (χ1) is 8.04. The summed E-state index contributed by atoms with van der Waals surface area (Å²) in [6.45, 7) is 6.44. The lowest BCUT2D eigenvalue weighted by molar-refractivity contribution is -0.124. The standard InChI is InChI=1S/C12H21N3OS.2ClH/c1-4-10-7-15-11(17-10)5-6-14-12(16)8(2)9(3)13;;/h7-9H,4-6,13H2,1-3H3,(H,14,16);2*1H. The van der Waals surface area contributed by atoms with Crippen LogP contribution in [0.3, 0.4) is 0 Å². The van der Waals surface area contributed by atoms with Crippen LogP contribution in [-0.4, -0.2) is 23.5 Å². The van der Waals surface area contributed by atoms with E-state index in [1.807, 2.05) is 20.0 Å². The van der Waals surface area contributed by atoms with Gasteiger partial charge in [-0.05, 0) is 13.3 Å². The van der Waals surface area contributed by atoms with Crippen LogP contribution in [0.15, 0.2) is 6.20 Å². The van der Waals surface area contributed by atoms with Crippen molar-refractivity contribution in [3.63, 3.8) is 0 Å². The Kier molecular flexibility index (Phi) is 11.5. The van der Waals surface area contributed by atoms with Gasteiger partial charge in [-0.1, -0.05) is 13.8 Å². The molecule has 0 aliphatic rings. The van der Waals surface area contributed by atoms with Gasteiger partial charge in [-0.25, -0.2) is 4.98 Å². The van der Waals surface area contributed by atoms with Gasteiger partial charge in [0.1, 0.15) is 0 Å². The maximum Gasteiger partial charge on any atom is 0.224 e. The lowest BCUT2D eigenvalue weighted by atomic mass is 10.0. The summed E-state index contributed by atoms with van der Waals surface area (Å²) in [4.78, 5) is 17.2. The van der Waals surface area contributed by atoms with Gasteiger partial charge in [-0.2, -0.15) is 0 Å². The highest BCUT2D eigenvalue weighted by Crippen LogP contribution is 2.13. The third-order valence-electron chi connectivity index (χ3n) is 2.79. The smallest absolute Gasteiger partial charge is 0.224 e. The topological polar surface area (TPSA) is 68.0 Å². The fourth-order valence-electron chi connectivity index (χ4n) is 1.32. The second kappa shape index (κ2) is 10.4. The molecule has 0 saturated heterocycles. The number of thiazole rings is 1. The number of aromatic nitrogens is 1. The molecule has 3 N–H and O–H groups in total. The van der Waals surface area contributed by atoms with Crippen molar-refractivity contribution in [1.29, 1.82) is 0 Å². The molecule has 2 atom stereocenters. The number of carbonyl (C=O) groups is 1. The normalized spacial score (nSPS) is 12.8. The number of rotatable bonds is 6. The second-order valence-corrected chi connectivity index (χ2v) is 5.46. The van der Waals surface area contributed by atoms with Crippen LogP contribution in [0.5, 0.6) is 0 Å². The molecule has 0 radical (unpaired) electrons. The summed E-state index contributed by atoms with van der Waals surface area (Å²) in [5.74, 6) is -0.121. The zero-order chi connectivity index (χ0) is 12.8. The average molecular weight is 328 g/mol. The van der Waals surface area contributed by atoms with Gasteiger partial charge in [-0.15, -0.1) is 36.2 Å². The van der Waals surface area contributed by atoms with E-state index < -0.39 is 0 Å². The first-order valence-corrected chi connectivity index (χ1v) is 6.83. The molecule has 0 bridgehead atoms. The Hall–Kier alpha value is -0.360. The number of amides is 1. The fourth-order valence-corrected chi connectivity index (χ4v) is 2.18. The zero-order valence-electron chi connectivity index (χ0n) is 11.5. The van der Waals surface area contributed by atoms with Crippen molar-refractivity contribution in [3.8, 4) is 0 Å². The molecule has 7 heteroatoms. The summed E-state index contributed by atoms with van der Waals surface area (Å²) in [5.41, 5.74) is 5.67. The molecule has 1 amide bonds. The number of hydrogen-bond acceptors (Lipinski definition) is 4. The minimum absolute atomic E-state index is 0. The van der Waals surface area contributed by atoms with E-state index in [2.05, 4.69) is 17.2 Å². The Morgan fingerprint density at radius 1 is 1.47 bits per heavy atom. The van der Waals surface area contributed by atoms with Crippen LogP contribution >= 0.6 is 36.2 Å². The Morgan fingerprint density at radius 2 is 2.11 bits per heavy atom. The predicted molar refractivity (Wildman–Crippen MR) is 85.5 cm³/mol. The Bertz CT molecular complexity index is 372.